The van der Waals surface area contributed by atoms with Crippen LogP contribution in [0.2, 0.25) is 0 Å². The minimum Gasteiger partial charge on any atom is -0.324 e. The lowest BCUT2D eigenvalue weighted by Crippen LogP contribution is -2.16. The van der Waals surface area contributed by atoms with Crippen molar-refractivity contribution in [3.63, 3.8) is 0 Å². The average molecular weight is 270 g/mol. The van der Waals surface area contributed by atoms with Gasteiger partial charge in [0.1, 0.15) is 0 Å². The second kappa shape index (κ2) is 6.18. The van der Waals surface area contributed by atoms with Crippen molar-refractivity contribution in [2.45, 2.75) is 50.6 Å². The van der Waals surface area contributed by atoms with Gasteiger partial charge in [-0.15, -0.1) is 0 Å². The number of hydrogen-bond donors (Lipinski definition) is 1. The van der Waals surface area contributed by atoms with Crippen molar-refractivity contribution in [3.8, 4) is 0 Å². The number of pyridine rings is 1. The van der Waals surface area contributed by atoms with E-state index in [1.165, 1.54) is 32.1 Å². The largest absolute Gasteiger partial charge is 0.324 e. The van der Waals surface area contributed by atoms with E-state index >= 15 is 0 Å². The molecule has 1 atom stereocenters. The SMILES string of the molecule is NC(Cc1ccn(C2CCCCC2)n1)c1ccncc1. The summed E-state index contributed by atoms with van der Waals surface area (Å²) >= 11 is 0. The van der Waals surface area contributed by atoms with Gasteiger partial charge in [-0.25, -0.2) is 0 Å². The van der Waals surface area contributed by atoms with E-state index in [1.54, 1.807) is 12.4 Å². The lowest BCUT2D eigenvalue weighted by atomic mass is 9.96. The van der Waals surface area contributed by atoms with Gasteiger partial charge in [0.15, 0.2) is 0 Å². The van der Waals surface area contributed by atoms with Crippen LogP contribution in [0.1, 0.15) is 55.4 Å². The molecule has 2 aromatic rings. The number of nitrogens with zero attached hydrogens (tertiary/aromatic N) is 3. The molecule has 0 aromatic carbocycles. The summed E-state index contributed by atoms with van der Waals surface area (Å²) in [6.45, 7) is 0. The molecule has 1 fully saturated rings. The van der Waals surface area contributed by atoms with E-state index in [9.17, 15) is 0 Å². The van der Waals surface area contributed by atoms with E-state index < -0.39 is 0 Å². The Kier molecular flexibility index (Phi) is 4.11. The fraction of sp³-hybridized carbons (Fsp3) is 0.500. The molecule has 0 aliphatic heterocycles. The maximum Gasteiger partial charge on any atom is 0.0643 e. The Morgan fingerprint density at radius 3 is 2.65 bits per heavy atom. The van der Waals surface area contributed by atoms with E-state index in [1.807, 2.05) is 12.1 Å². The summed E-state index contributed by atoms with van der Waals surface area (Å²) in [5, 5.41) is 4.72. The van der Waals surface area contributed by atoms with E-state index in [2.05, 4.69) is 21.9 Å². The molecule has 4 heteroatoms. The molecule has 0 radical (unpaired) electrons. The molecule has 1 saturated carbocycles. The first kappa shape index (κ1) is 13.3. The summed E-state index contributed by atoms with van der Waals surface area (Å²) in [6.07, 6.45) is 13.0. The summed E-state index contributed by atoms with van der Waals surface area (Å²) in [4.78, 5) is 4.02. The molecule has 106 valence electrons. The van der Waals surface area contributed by atoms with Crippen molar-refractivity contribution in [2.24, 2.45) is 5.73 Å². The summed E-state index contributed by atoms with van der Waals surface area (Å²) in [5.41, 5.74) is 8.44. The number of hydrogen-bond acceptors (Lipinski definition) is 3. The zero-order valence-electron chi connectivity index (χ0n) is 11.8. The zero-order valence-corrected chi connectivity index (χ0v) is 11.8. The lowest BCUT2D eigenvalue weighted by molar-refractivity contribution is 0.328. The van der Waals surface area contributed by atoms with Gasteiger partial charge in [0, 0.05) is 31.1 Å². The summed E-state index contributed by atoms with van der Waals surface area (Å²) in [5.74, 6) is 0. The van der Waals surface area contributed by atoms with Crippen LogP contribution in [0.4, 0.5) is 0 Å². The van der Waals surface area contributed by atoms with Crippen LogP contribution in [-0.2, 0) is 6.42 Å². The minimum absolute atomic E-state index is 0.00675. The average Bonchev–Trinajstić information content (AvgIpc) is 2.97. The van der Waals surface area contributed by atoms with Gasteiger partial charge in [-0.1, -0.05) is 19.3 Å². The van der Waals surface area contributed by atoms with E-state index in [-0.39, 0.29) is 6.04 Å². The molecule has 0 bridgehead atoms. The Balaban J connectivity index is 1.65. The van der Waals surface area contributed by atoms with Gasteiger partial charge >= 0.3 is 0 Å². The van der Waals surface area contributed by atoms with Crippen molar-refractivity contribution in [1.82, 2.24) is 14.8 Å². The van der Waals surface area contributed by atoms with E-state index in [0.29, 0.717) is 6.04 Å². The highest BCUT2D eigenvalue weighted by molar-refractivity contribution is 5.17. The highest BCUT2D eigenvalue weighted by Crippen LogP contribution is 2.27. The van der Waals surface area contributed by atoms with Gasteiger partial charge in [0.25, 0.3) is 0 Å². The molecule has 0 saturated heterocycles. The molecule has 0 spiro atoms. The summed E-state index contributed by atoms with van der Waals surface area (Å²) in [7, 11) is 0. The highest BCUT2D eigenvalue weighted by Gasteiger charge is 2.16. The Bertz CT molecular complexity index is 528. The number of nitrogens with two attached hydrogens (primary N) is 1. The summed E-state index contributed by atoms with van der Waals surface area (Å²) < 4.78 is 2.15. The van der Waals surface area contributed by atoms with Gasteiger partial charge in [0.2, 0.25) is 0 Å². The predicted molar refractivity (Wildman–Crippen MR) is 79.2 cm³/mol. The Morgan fingerprint density at radius 1 is 1.15 bits per heavy atom. The summed E-state index contributed by atoms with van der Waals surface area (Å²) in [6, 6.07) is 6.64. The standard InChI is InChI=1S/C16H22N4/c17-16(13-6-9-18-10-7-13)12-14-8-11-20(19-14)15-4-2-1-3-5-15/h6-11,15-16H,1-5,12,17H2. The van der Waals surface area contributed by atoms with Crippen LogP contribution in [0.25, 0.3) is 0 Å². The predicted octanol–water partition coefficient (Wildman–Crippen LogP) is 3.03. The second-order valence-electron chi connectivity index (χ2n) is 5.67. The third-order valence-corrected chi connectivity index (χ3v) is 4.18. The van der Waals surface area contributed by atoms with Crippen LogP contribution in [0.5, 0.6) is 0 Å². The molecule has 2 aromatic heterocycles. The van der Waals surface area contributed by atoms with Gasteiger partial charge < -0.3 is 5.73 Å². The molecule has 20 heavy (non-hydrogen) atoms. The smallest absolute Gasteiger partial charge is 0.0643 e. The zero-order chi connectivity index (χ0) is 13.8. The Hall–Kier alpha value is -1.68. The van der Waals surface area contributed by atoms with Gasteiger partial charge in [-0.3, -0.25) is 9.67 Å². The fourth-order valence-electron chi connectivity index (χ4n) is 2.99. The van der Waals surface area contributed by atoms with E-state index in [4.69, 9.17) is 10.8 Å². The van der Waals surface area contributed by atoms with Crippen molar-refractivity contribution < 1.29 is 0 Å². The van der Waals surface area contributed by atoms with Crippen LogP contribution in [0.3, 0.4) is 0 Å². The van der Waals surface area contributed by atoms with Crippen molar-refractivity contribution >= 4 is 0 Å². The molecule has 4 nitrogen and oxygen atoms in total. The van der Waals surface area contributed by atoms with Gasteiger partial charge in [-0.05, 0) is 36.6 Å². The maximum atomic E-state index is 6.24. The van der Waals surface area contributed by atoms with Crippen LogP contribution in [-0.4, -0.2) is 14.8 Å². The molecule has 2 heterocycles. The van der Waals surface area contributed by atoms with Crippen molar-refractivity contribution in [3.05, 3.63) is 48.0 Å². The van der Waals surface area contributed by atoms with E-state index in [0.717, 1.165) is 17.7 Å². The highest BCUT2D eigenvalue weighted by atomic mass is 15.3. The van der Waals surface area contributed by atoms with Crippen molar-refractivity contribution in [1.29, 1.82) is 0 Å². The van der Waals surface area contributed by atoms with Crippen molar-refractivity contribution in [2.75, 3.05) is 0 Å². The molecule has 3 rings (SSSR count). The number of rotatable bonds is 4. The molecule has 1 aliphatic rings. The van der Waals surface area contributed by atoms with Gasteiger partial charge in [0.05, 0.1) is 11.7 Å². The Morgan fingerprint density at radius 2 is 1.90 bits per heavy atom. The van der Waals surface area contributed by atoms with Crippen LogP contribution in [0.15, 0.2) is 36.8 Å². The molecule has 1 unspecified atom stereocenters. The third-order valence-electron chi connectivity index (χ3n) is 4.18. The molecule has 1 aliphatic carbocycles. The normalized spacial score (nSPS) is 18.1. The molecular weight excluding hydrogens is 248 g/mol. The number of aromatic nitrogens is 3. The first-order chi connectivity index (χ1) is 9.83. The van der Waals surface area contributed by atoms with Crippen LogP contribution >= 0.6 is 0 Å². The first-order valence-electron chi connectivity index (χ1n) is 7.52. The lowest BCUT2D eigenvalue weighted by Gasteiger charge is -2.21. The second-order valence-corrected chi connectivity index (χ2v) is 5.67. The minimum atomic E-state index is -0.00675. The van der Waals surface area contributed by atoms with Crippen LogP contribution in [0, 0.1) is 0 Å². The molecular formula is C16H22N4. The third kappa shape index (κ3) is 3.07. The Labute approximate surface area is 120 Å². The quantitative estimate of drug-likeness (QED) is 0.929. The molecule has 0 amide bonds. The monoisotopic (exact) mass is 270 g/mol. The van der Waals surface area contributed by atoms with Crippen LogP contribution < -0.4 is 5.73 Å². The topological polar surface area (TPSA) is 56.7 Å². The maximum absolute atomic E-state index is 6.24. The molecule has 2 N–H and O–H groups in total. The van der Waals surface area contributed by atoms with Gasteiger partial charge in [-0.2, -0.15) is 5.10 Å². The first-order valence-corrected chi connectivity index (χ1v) is 7.52. The fourth-order valence-corrected chi connectivity index (χ4v) is 2.99.